The highest BCUT2D eigenvalue weighted by molar-refractivity contribution is 6.08. The topological polar surface area (TPSA) is 58.6 Å². The zero-order chi connectivity index (χ0) is 14.9. The van der Waals surface area contributed by atoms with Gasteiger partial charge < -0.3 is 10.1 Å². The van der Waals surface area contributed by atoms with Crippen molar-refractivity contribution in [1.29, 1.82) is 0 Å². The molecular weight excluding hydrogens is 263 g/mol. The van der Waals surface area contributed by atoms with E-state index in [-0.39, 0.29) is 17.5 Å². The van der Waals surface area contributed by atoms with E-state index in [0.29, 0.717) is 12.2 Å². The highest BCUT2D eigenvalue weighted by Gasteiger charge is 2.39. The van der Waals surface area contributed by atoms with Gasteiger partial charge >= 0.3 is 0 Å². The molecule has 0 bridgehead atoms. The minimum Gasteiger partial charge on any atom is -0.497 e. The van der Waals surface area contributed by atoms with Crippen LogP contribution in [0.25, 0.3) is 0 Å². The van der Waals surface area contributed by atoms with Gasteiger partial charge in [-0.15, -0.1) is 0 Å². The van der Waals surface area contributed by atoms with Gasteiger partial charge in [0.1, 0.15) is 23.7 Å². The van der Waals surface area contributed by atoms with Crippen molar-refractivity contribution in [2.45, 2.75) is 32.4 Å². The lowest BCUT2D eigenvalue weighted by molar-refractivity contribution is -0.133. The second kappa shape index (κ2) is 5.48. The number of rotatable bonds is 3. The number of anilines is 1. The molecule has 0 radical (unpaired) electrons. The van der Waals surface area contributed by atoms with E-state index < -0.39 is 17.9 Å². The summed E-state index contributed by atoms with van der Waals surface area (Å²) in [5, 5.41) is 2.63. The fourth-order valence-corrected chi connectivity index (χ4v) is 2.24. The summed E-state index contributed by atoms with van der Waals surface area (Å²) < 4.78 is 19.1. The third-order valence-corrected chi connectivity index (χ3v) is 3.44. The molecule has 1 aromatic carbocycles. The van der Waals surface area contributed by atoms with E-state index in [1.165, 1.54) is 30.2 Å². The maximum Gasteiger partial charge on any atom is 0.250 e. The van der Waals surface area contributed by atoms with Gasteiger partial charge in [0, 0.05) is 6.07 Å². The van der Waals surface area contributed by atoms with E-state index in [4.69, 9.17) is 4.74 Å². The van der Waals surface area contributed by atoms with Gasteiger partial charge in [0.25, 0.3) is 0 Å². The molecule has 108 valence electrons. The van der Waals surface area contributed by atoms with Crippen molar-refractivity contribution in [2.24, 2.45) is 0 Å². The van der Waals surface area contributed by atoms with E-state index in [9.17, 15) is 14.0 Å². The molecule has 1 heterocycles. The third kappa shape index (κ3) is 2.33. The molecule has 0 spiro atoms. The van der Waals surface area contributed by atoms with Gasteiger partial charge in [-0.25, -0.2) is 4.39 Å². The molecule has 1 N–H and O–H groups in total. The summed E-state index contributed by atoms with van der Waals surface area (Å²) in [5.74, 6) is -0.735. The van der Waals surface area contributed by atoms with Gasteiger partial charge in [-0.2, -0.15) is 0 Å². The minimum atomic E-state index is -0.757. The van der Waals surface area contributed by atoms with E-state index in [0.717, 1.165) is 0 Å². The van der Waals surface area contributed by atoms with Crippen LogP contribution < -0.4 is 15.0 Å². The van der Waals surface area contributed by atoms with E-state index in [1.54, 1.807) is 13.8 Å². The second-order valence-corrected chi connectivity index (χ2v) is 4.67. The quantitative estimate of drug-likeness (QED) is 0.912. The fourth-order valence-electron chi connectivity index (χ4n) is 2.24. The van der Waals surface area contributed by atoms with Crippen LogP contribution in [0.3, 0.4) is 0 Å². The van der Waals surface area contributed by atoms with E-state index >= 15 is 0 Å². The number of nitrogens with one attached hydrogen (secondary N) is 1. The largest absolute Gasteiger partial charge is 0.497 e. The van der Waals surface area contributed by atoms with Crippen molar-refractivity contribution < 1.29 is 18.7 Å². The molecule has 0 aliphatic carbocycles. The summed E-state index contributed by atoms with van der Waals surface area (Å²) in [4.78, 5) is 25.5. The first-order chi connectivity index (χ1) is 9.49. The lowest BCUT2D eigenvalue weighted by Gasteiger charge is -2.37. The Morgan fingerprint density at radius 1 is 1.40 bits per heavy atom. The van der Waals surface area contributed by atoms with Crippen molar-refractivity contribution in [1.82, 2.24) is 5.32 Å². The van der Waals surface area contributed by atoms with Gasteiger partial charge in [0.05, 0.1) is 12.8 Å². The lowest BCUT2D eigenvalue weighted by atomic mass is 10.0. The van der Waals surface area contributed by atoms with E-state index in [2.05, 4.69) is 5.32 Å². The standard InChI is InChI=1S/C14H17FN2O3/c1-4-11-14(19)17(8(2)13(18)16-11)12-7-9(20-3)5-6-10(12)15/h5-8,11H,4H2,1-3H3,(H,16,18). The van der Waals surface area contributed by atoms with Gasteiger partial charge in [0.15, 0.2) is 0 Å². The predicted octanol–water partition coefficient (Wildman–Crippen LogP) is 1.46. The van der Waals surface area contributed by atoms with E-state index in [1.807, 2.05) is 0 Å². The molecular formula is C14H17FN2O3. The van der Waals surface area contributed by atoms with Crippen LogP contribution >= 0.6 is 0 Å². The summed E-state index contributed by atoms with van der Waals surface area (Å²) in [6, 6.07) is 2.74. The Hall–Kier alpha value is -2.11. The van der Waals surface area contributed by atoms with Crippen molar-refractivity contribution >= 4 is 17.5 Å². The molecule has 6 heteroatoms. The Bertz CT molecular complexity index is 547. The number of halogens is 1. The number of carbonyl (C=O) groups is 2. The normalized spacial score (nSPS) is 22.7. The zero-order valence-corrected chi connectivity index (χ0v) is 11.6. The molecule has 1 saturated heterocycles. The Kier molecular flexibility index (Phi) is 3.92. The van der Waals surface area contributed by atoms with Gasteiger partial charge in [-0.3, -0.25) is 14.5 Å². The van der Waals surface area contributed by atoms with Crippen LogP contribution in [0.2, 0.25) is 0 Å². The van der Waals surface area contributed by atoms with Crippen molar-refractivity contribution in [2.75, 3.05) is 12.0 Å². The molecule has 20 heavy (non-hydrogen) atoms. The number of benzene rings is 1. The number of carbonyl (C=O) groups excluding carboxylic acids is 2. The number of piperazine rings is 1. The number of methoxy groups -OCH3 is 1. The molecule has 2 amide bonds. The van der Waals surface area contributed by atoms with Crippen LogP contribution in [0, 0.1) is 5.82 Å². The molecule has 1 aromatic rings. The predicted molar refractivity (Wildman–Crippen MR) is 72.1 cm³/mol. The average molecular weight is 280 g/mol. The average Bonchev–Trinajstić information content (AvgIpc) is 2.45. The lowest BCUT2D eigenvalue weighted by Crippen LogP contribution is -2.62. The Labute approximate surface area is 116 Å². The number of nitrogens with zero attached hydrogens (tertiary/aromatic N) is 1. The first kappa shape index (κ1) is 14.3. The molecule has 1 aliphatic heterocycles. The molecule has 1 fully saturated rings. The number of ether oxygens (including phenoxy) is 1. The van der Waals surface area contributed by atoms with Crippen LogP contribution in [0.5, 0.6) is 5.75 Å². The first-order valence-electron chi connectivity index (χ1n) is 6.46. The summed E-state index contributed by atoms with van der Waals surface area (Å²) in [5.41, 5.74) is 0.0650. The summed E-state index contributed by atoms with van der Waals surface area (Å²) in [7, 11) is 1.46. The van der Waals surface area contributed by atoms with Crippen molar-refractivity contribution in [3.63, 3.8) is 0 Å². The van der Waals surface area contributed by atoms with Crippen LogP contribution in [0.1, 0.15) is 20.3 Å². The number of hydrogen-bond acceptors (Lipinski definition) is 3. The summed E-state index contributed by atoms with van der Waals surface area (Å²) in [6.07, 6.45) is 0.458. The molecule has 0 aromatic heterocycles. The van der Waals surface area contributed by atoms with Gasteiger partial charge in [-0.1, -0.05) is 6.92 Å². The molecule has 1 aliphatic rings. The van der Waals surface area contributed by atoms with Crippen LogP contribution in [-0.4, -0.2) is 31.0 Å². The van der Waals surface area contributed by atoms with Crippen LogP contribution in [-0.2, 0) is 9.59 Å². The fraction of sp³-hybridized carbons (Fsp3) is 0.429. The highest BCUT2D eigenvalue weighted by Crippen LogP contribution is 2.29. The maximum atomic E-state index is 14.0. The summed E-state index contributed by atoms with van der Waals surface area (Å²) >= 11 is 0. The zero-order valence-electron chi connectivity index (χ0n) is 11.6. The molecule has 2 atom stereocenters. The number of amides is 2. The van der Waals surface area contributed by atoms with Crippen LogP contribution in [0.4, 0.5) is 10.1 Å². The first-order valence-corrected chi connectivity index (χ1v) is 6.46. The van der Waals surface area contributed by atoms with Crippen LogP contribution in [0.15, 0.2) is 18.2 Å². The molecule has 0 saturated carbocycles. The maximum absolute atomic E-state index is 14.0. The van der Waals surface area contributed by atoms with Crippen molar-refractivity contribution in [3.8, 4) is 5.75 Å². The highest BCUT2D eigenvalue weighted by atomic mass is 19.1. The molecule has 2 unspecified atom stereocenters. The number of hydrogen-bond donors (Lipinski definition) is 1. The third-order valence-electron chi connectivity index (χ3n) is 3.44. The minimum absolute atomic E-state index is 0.0650. The molecule has 5 nitrogen and oxygen atoms in total. The monoisotopic (exact) mass is 280 g/mol. The summed E-state index contributed by atoms with van der Waals surface area (Å²) in [6.45, 7) is 3.36. The van der Waals surface area contributed by atoms with Gasteiger partial charge in [0.2, 0.25) is 11.8 Å². The molecule has 2 rings (SSSR count). The van der Waals surface area contributed by atoms with Crippen molar-refractivity contribution in [3.05, 3.63) is 24.0 Å². The Morgan fingerprint density at radius 3 is 2.70 bits per heavy atom. The van der Waals surface area contributed by atoms with Gasteiger partial charge in [-0.05, 0) is 25.5 Å². The second-order valence-electron chi connectivity index (χ2n) is 4.67. The Balaban J connectivity index is 2.47. The smallest absolute Gasteiger partial charge is 0.250 e. The SMILES string of the molecule is CCC1NC(=O)C(C)N(c2cc(OC)ccc2F)C1=O. The Morgan fingerprint density at radius 2 is 2.10 bits per heavy atom.